The van der Waals surface area contributed by atoms with Crippen LogP contribution in [0.3, 0.4) is 0 Å². The largest absolute Gasteiger partial charge is 0.534 e. The average molecular weight is 509 g/mol. The number of carbonyl (C=O) groups is 1. The number of ketones is 1. The number of benzene rings is 4. The Balaban J connectivity index is 1.66. The molecule has 0 aliphatic rings. The van der Waals surface area contributed by atoms with Crippen LogP contribution in [-0.2, 0) is 6.42 Å². The maximum absolute atomic E-state index is 12.0. The Morgan fingerprint density at radius 2 is 1.38 bits per heavy atom. The summed E-state index contributed by atoms with van der Waals surface area (Å²) in [6.45, 7) is 8.35. The van der Waals surface area contributed by atoms with E-state index in [1.54, 1.807) is 6.92 Å². The van der Waals surface area contributed by atoms with Gasteiger partial charge in [-0.25, -0.2) is 0 Å². The van der Waals surface area contributed by atoms with Crippen molar-refractivity contribution in [2.24, 2.45) is 0 Å². The molecule has 0 saturated heterocycles. The monoisotopic (exact) mass is 508 g/mol. The summed E-state index contributed by atoms with van der Waals surface area (Å²) in [5.41, 5.74) is 2.50. The third kappa shape index (κ3) is 5.76. The second-order valence-corrected chi connectivity index (χ2v) is 14.8. The summed E-state index contributed by atoms with van der Waals surface area (Å²) in [4.78, 5) is 12.0. The van der Waals surface area contributed by atoms with Gasteiger partial charge in [-0.15, -0.1) is 0 Å². The second kappa shape index (κ2) is 11.3. The first-order chi connectivity index (χ1) is 17.7. The van der Waals surface area contributed by atoms with Crippen LogP contribution in [0.15, 0.2) is 109 Å². The quantitative estimate of drug-likeness (QED) is 0.207. The van der Waals surface area contributed by atoms with E-state index < -0.39 is 14.4 Å². The molecule has 0 fully saturated rings. The molecule has 4 heteroatoms. The van der Waals surface area contributed by atoms with Gasteiger partial charge in [0.05, 0.1) is 6.10 Å². The molecule has 0 spiro atoms. The Morgan fingerprint density at radius 3 is 1.95 bits per heavy atom. The van der Waals surface area contributed by atoms with Crippen LogP contribution in [0, 0.1) is 0 Å². The smallest absolute Gasteiger partial charge is 0.319 e. The summed E-state index contributed by atoms with van der Waals surface area (Å²) < 4.78 is 7.13. The lowest BCUT2D eigenvalue weighted by molar-refractivity contribution is 0.101. The zero-order valence-electron chi connectivity index (χ0n) is 22.1. The van der Waals surface area contributed by atoms with Crippen LogP contribution in [0.2, 0.25) is 5.04 Å². The summed E-state index contributed by atoms with van der Waals surface area (Å²) in [5, 5.41) is 13.4. The van der Waals surface area contributed by atoms with Gasteiger partial charge in [0.2, 0.25) is 0 Å². The summed E-state index contributed by atoms with van der Waals surface area (Å²) in [6.07, 6.45) is 0.478. The summed E-state index contributed by atoms with van der Waals surface area (Å²) in [5.74, 6) is 0.806. The summed E-state index contributed by atoms with van der Waals surface area (Å²) in [7, 11) is -2.76. The highest BCUT2D eigenvalue weighted by Gasteiger charge is 2.52. The number of carbonyl (C=O) groups excluding carboxylic acids is 1. The highest BCUT2D eigenvalue weighted by atomic mass is 28.4. The number of hydrogen-bond acceptors (Lipinski definition) is 3. The standard InChI is InChI=1S/C33H36O3Si/c1-25(34)31-21-12-11-14-26(31)22-23-32(35)27-15-13-16-28(24-27)36-37(33(2,3)4,29-17-7-5-8-18-29)30-19-9-6-10-20-30/h5-21,24,32,35H,22-23H2,1-4H3. The molecule has 0 amide bonds. The molecule has 37 heavy (non-hydrogen) atoms. The van der Waals surface area contributed by atoms with Gasteiger partial charge in [-0.3, -0.25) is 4.79 Å². The normalized spacial score (nSPS) is 12.7. The Bertz CT molecular complexity index is 1290. The van der Waals surface area contributed by atoms with E-state index in [-0.39, 0.29) is 10.8 Å². The molecule has 4 aromatic rings. The highest BCUT2D eigenvalue weighted by Crippen LogP contribution is 2.38. The van der Waals surface area contributed by atoms with Crippen LogP contribution in [0.1, 0.15) is 61.7 Å². The maximum Gasteiger partial charge on any atom is 0.319 e. The van der Waals surface area contributed by atoms with Crippen LogP contribution in [-0.4, -0.2) is 19.2 Å². The van der Waals surface area contributed by atoms with E-state index in [1.807, 2.05) is 60.7 Å². The van der Waals surface area contributed by atoms with Gasteiger partial charge in [0.1, 0.15) is 5.75 Å². The van der Waals surface area contributed by atoms with Crippen LogP contribution >= 0.6 is 0 Å². The van der Waals surface area contributed by atoms with Crippen molar-refractivity contribution in [3.05, 3.63) is 126 Å². The number of rotatable bonds is 9. The van der Waals surface area contributed by atoms with Crippen molar-refractivity contribution in [3.8, 4) is 5.75 Å². The fourth-order valence-electron chi connectivity index (χ4n) is 5.15. The molecule has 3 nitrogen and oxygen atoms in total. The van der Waals surface area contributed by atoms with Crippen molar-refractivity contribution < 1.29 is 14.3 Å². The zero-order valence-corrected chi connectivity index (χ0v) is 23.1. The van der Waals surface area contributed by atoms with Gasteiger partial charge in [-0.2, -0.15) is 0 Å². The number of Topliss-reactive ketones (excluding diaryl/α,β-unsaturated/α-hetero) is 1. The Morgan fingerprint density at radius 1 is 0.811 bits per heavy atom. The molecular formula is C33H36O3Si. The first kappa shape index (κ1) is 26.6. The van der Waals surface area contributed by atoms with Crippen LogP contribution < -0.4 is 14.8 Å². The predicted octanol–water partition coefficient (Wildman–Crippen LogP) is 6.49. The van der Waals surface area contributed by atoms with Crippen molar-refractivity contribution in [3.63, 3.8) is 0 Å². The predicted molar refractivity (Wildman–Crippen MR) is 154 cm³/mol. The molecule has 0 heterocycles. The van der Waals surface area contributed by atoms with Crippen molar-refractivity contribution in [2.45, 2.75) is 51.7 Å². The van der Waals surface area contributed by atoms with E-state index in [2.05, 4.69) is 69.3 Å². The second-order valence-electron chi connectivity index (χ2n) is 10.6. The molecule has 190 valence electrons. The van der Waals surface area contributed by atoms with E-state index in [0.29, 0.717) is 12.8 Å². The number of aryl methyl sites for hydroxylation is 1. The molecular weight excluding hydrogens is 472 g/mol. The summed E-state index contributed by atoms with van der Waals surface area (Å²) >= 11 is 0. The van der Waals surface area contributed by atoms with E-state index in [4.69, 9.17) is 4.43 Å². The van der Waals surface area contributed by atoms with Crippen molar-refractivity contribution >= 4 is 24.5 Å². The van der Waals surface area contributed by atoms with Crippen LogP contribution in [0.4, 0.5) is 0 Å². The molecule has 4 rings (SSSR count). The van der Waals surface area contributed by atoms with Gasteiger partial charge in [-0.05, 0) is 58.4 Å². The first-order valence-electron chi connectivity index (χ1n) is 12.9. The molecule has 1 atom stereocenters. The molecule has 0 aliphatic heterocycles. The molecule has 1 unspecified atom stereocenters. The van der Waals surface area contributed by atoms with Gasteiger partial charge in [0, 0.05) is 5.56 Å². The summed E-state index contributed by atoms with van der Waals surface area (Å²) in [6, 6.07) is 36.6. The van der Waals surface area contributed by atoms with Crippen molar-refractivity contribution in [1.82, 2.24) is 0 Å². The van der Waals surface area contributed by atoms with Crippen LogP contribution in [0.25, 0.3) is 0 Å². The highest BCUT2D eigenvalue weighted by molar-refractivity contribution is 7.00. The lowest BCUT2D eigenvalue weighted by Crippen LogP contribution is -2.68. The molecule has 0 saturated carbocycles. The van der Waals surface area contributed by atoms with Gasteiger partial charge < -0.3 is 9.53 Å². The molecule has 0 radical (unpaired) electrons. The first-order valence-corrected chi connectivity index (χ1v) is 14.8. The zero-order chi connectivity index (χ0) is 26.5. The van der Waals surface area contributed by atoms with Gasteiger partial charge in [0.25, 0.3) is 0 Å². The lowest BCUT2D eigenvalue weighted by Gasteiger charge is -2.43. The molecule has 4 aromatic carbocycles. The van der Waals surface area contributed by atoms with Gasteiger partial charge in [-0.1, -0.05) is 118 Å². The minimum atomic E-state index is -2.76. The Labute approximate surface area is 221 Å². The molecule has 0 aliphatic carbocycles. The number of aliphatic hydroxyl groups is 1. The van der Waals surface area contributed by atoms with Crippen LogP contribution in [0.5, 0.6) is 5.75 Å². The molecule has 1 N–H and O–H groups in total. The third-order valence-corrected chi connectivity index (χ3v) is 12.0. The van der Waals surface area contributed by atoms with Gasteiger partial charge >= 0.3 is 8.32 Å². The van der Waals surface area contributed by atoms with Crippen molar-refractivity contribution in [1.29, 1.82) is 0 Å². The third-order valence-electron chi connectivity index (χ3n) is 7.01. The van der Waals surface area contributed by atoms with Gasteiger partial charge in [0.15, 0.2) is 5.78 Å². The number of hydrogen-bond donors (Lipinski definition) is 1. The van der Waals surface area contributed by atoms with E-state index in [1.165, 1.54) is 10.4 Å². The minimum absolute atomic E-state index is 0.0470. The lowest BCUT2D eigenvalue weighted by atomic mass is 9.96. The SMILES string of the molecule is CC(=O)c1ccccc1CCC(O)c1cccc(O[Si](c2ccccc2)(c2ccccc2)C(C)(C)C)c1. The maximum atomic E-state index is 12.0. The fraction of sp³-hybridized carbons (Fsp3) is 0.242. The van der Waals surface area contributed by atoms with Crippen molar-refractivity contribution in [2.75, 3.05) is 0 Å². The molecule has 0 bridgehead atoms. The Kier molecular flexibility index (Phi) is 8.11. The average Bonchev–Trinajstić information content (AvgIpc) is 2.91. The topological polar surface area (TPSA) is 46.5 Å². The van der Waals surface area contributed by atoms with E-state index in [0.717, 1.165) is 22.4 Å². The van der Waals surface area contributed by atoms with E-state index in [9.17, 15) is 9.90 Å². The van der Waals surface area contributed by atoms with E-state index >= 15 is 0 Å². The number of aliphatic hydroxyl groups excluding tert-OH is 1. The Hall–Kier alpha value is -3.47. The minimum Gasteiger partial charge on any atom is -0.534 e. The molecule has 0 aromatic heterocycles. The fourth-order valence-corrected chi connectivity index (χ4v) is 9.56.